The largest absolute Gasteiger partial charge is 0.380 e. The Morgan fingerprint density at radius 3 is 2.52 bits per heavy atom. The Balaban J connectivity index is 0.987. The number of halogens is 2. The van der Waals surface area contributed by atoms with E-state index in [1.54, 1.807) is 0 Å². The fourth-order valence-electron chi connectivity index (χ4n) is 8.55. The second kappa shape index (κ2) is 11.6. The van der Waals surface area contributed by atoms with E-state index in [-0.39, 0.29) is 23.1 Å². The van der Waals surface area contributed by atoms with Gasteiger partial charge in [-0.25, -0.2) is 13.8 Å². The number of alkyl halides is 2. The summed E-state index contributed by atoms with van der Waals surface area (Å²) in [5.74, 6) is 1.95. The number of aryl methyl sites for hydroxylation is 1. The van der Waals surface area contributed by atoms with Crippen LogP contribution in [-0.2, 0) is 9.53 Å². The van der Waals surface area contributed by atoms with Crippen LogP contribution >= 0.6 is 0 Å². The summed E-state index contributed by atoms with van der Waals surface area (Å²) in [6.45, 7) is 14.6. The van der Waals surface area contributed by atoms with Crippen LogP contribution in [0.5, 0.6) is 0 Å². The Bertz CT molecular complexity index is 1540. The molecule has 2 aromatic rings. The fourth-order valence-corrected chi connectivity index (χ4v) is 8.55. The predicted molar refractivity (Wildman–Crippen MR) is 173 cm³/mol. The van der Waals surface area contributed by atoms with Gasteiger partial charge in [-0.05, 0) is 43.7 Å². The highest BCUT2D eigenvalue weighted by atomic mass is 19.3. The molecule has 2 atom stereocenters. The van der Waals surface area contributed by atoms with Crippen molar-refractivity contribution in [1.29, 1.82) is 0 Å². The fraction of sp³-hybridized carbons (Fsp3) is 0.588. The molecule has 244 valence electrons. The third-order valence-corrected chi connectivity index (χ3v) is 11.2. The molecule has 8 heterocycles. The van der Waals surface area contributed by atoms with Crippen molar-refractivity contribution in [2.75, 3.05) is 86.8 Å². The van der Waals surface area contributed by atoms with Gasteiger partial charge in [0.15, 0.2) is 5.82 Å². The smallest absolute Gasteiger partial charge is 0.281 e. The Morgan fingerprint density at radius 1 is 1.09 bits per heavy atom. The van der Waals surface area contributed by atoms with Gasteiger partial charge in [0.2, 0.25) is 5.91 Å². The van der Waals surface area contributed by atoms with Crippen LogP contribution in [0.1, 0.15) is 54.0 Å². The summed E-state index contributed by atoms with van der Waals surface area (Å²) in [5.41, 5.74) is 4.01. The van der Waals surface area contributed by atoms with Crippen LogP contribution in [-0.4, -0.2) is 115 Å². The van der Waals surface area contributed by atoms with Crippen molar-refractivity contribution in [2.45, 2.75) is 50.6 Å². The number of amides is 1. The van der Waals surface area contributed by atoms with Gasteiger partial charge < -0.3 is 24.3 Å². The van der Waals surface area contributed by atoms with Gasteiger partial charge in [-0.15, -0.1) is 5.10 Å². The van der Waals surface area contributed by atoms with E-state index in [9.17, 15) is 13.6 Å². The van der Waals surface area contributed by atoms with Crippen molar-refractivity contribution in [2.24, 2.45) is 5.41 Å². The molecule has 0 aliphatic carbocycles. The Labute approximate surface area is 268 Å². The maximum atomic E-state index is 14.5. The maximum absolute atomic E-state index is 14.5. The Hall–Kier alpha value is -3.64. The molecule has 6 aliphatic heterocycles. The van der Waals surface area contributed by atoms with Gasteiger partial charge in [0.1, 0.15) is 11.5 Å². The summed E-state index contributed by atoms with van der Waals surface area (Å²) in [5, 5.41) is 8.88. The number of carbonyl (C=O) groups is 1. The number of hydrogen-bond donors (Lipinski definition) is 0. The van der Waals surface area contributed by atoms with Crippen LogP contribution in [0.25, 0.3) is 6.08 Å². The van der Waals surface area contributed by atoms with Crippen LogP contribution in [0, 0.1) is 12.3 Å². The van der Waals surface area contributed by atoms with E-state index in [0.29, 0.717) is 36.4 Å². The van der Waals surface area contributed by atoms with Gasteiger partial charge in [-0.1, -0.05) is 18.7 Å². The van der Waals surface area contributed by atoms with Crippen molar-refractivity contribution < 1.29 is 18.3 Å². The third kappa shape index (κ3) is 4.95. The molecule has 0 N–H and O–H groups in total. The Kier molecular flexibility index (Phi) is 7.47. The number of nitrogens with zero attached hydrogens (tertiary/aromatic N) is 8. The maximum Gasteiger partial charge on any atom is 0.281 e. The molecule has 46 heavy (non-hydrogen) atoms. The highest BCUT2D eigenvalue weighted by Gasteiger charge is 2.50. The summed E-state index contributed by atoms with van der Waals surface area (Å²) in [4.78, 5) is 27.8. The lowest BCUT2D eigenvalue weighted by molar-refractivity contribution is -0.128. The van der Waals surface area contributed by atoms with Crippen molar-refractivity contribution in [3.63, 3.8) is 0 Å². The van der Waals surface area contributed by atoms with Crippen molar-refractivity contribution in [1.82, 2.24) is 25.0 Å². The van der Waals surface area contributed by atoms with Gasteiger partial charge in [-0.3, -0.25) is 9.69 Å². The quantitative estimate of drug-likeness (QED) is 0.444. The number of piperidine rings is 1. The zero-order chi connectivity index (χ0) is 31.6. The lowest BCUT2D eigenvalue weighted by Crippen LogP contribution is -2.69. The summed E-state index contributed by atoms with van der Waals surface area (Å²) in [6, 6.07) is 2.58. The average Bonchev–Trinajstić information content (AvgIpc) is 3.15. The Morgan fingerprint density at radius 2 is 1.85 bits per heavy atom. The number of piperazine rings is 1. The van der Waals surface area contributed by atoms with Gasteiger partial charge in [0.05, 0.1) is 30.5 Å². The molecule has 0 aromatic carbocycles. The van der Waals surface area contributed by atoms with Gasteiger partial charge >= 0.3 is 0 Å². The molecule has 0 saturated carbocycles. The number of anilines is 3. The minimum atomic E-state index is -2.66. The van der Waals surface area contributed by atoms with E-state index in [1.165, 1.54) is 11.6 Å². The van der Waals surface area contributed by atoms with Gasteiger partial charge in [0, 0.05) is 88.2 Å². The van der Waals surface area contributed by atoms with Crippen LogP contribution < -0.4 is 14.7 Å². The number of carbonyl (C=O) groups excluding carboxylic acids is 1. The summed E-state index contributed by atoms with van der Waals surface area (Å²) >= 11 is 0. The molecule has 8 rings (SSSR count). The average molecular weight is 633 g/mol. The molecule has 2 aromatic heterocycles. The molecule has 5 saturated heterocycles. The molecule has 1 amide bonds. The topological polar surface area (TPSA) is 81.2 Å². The number of hydrogen-bond acceptors (Lipinski definition) is 9. The van der Waals surface area contributed by atoms with E-state index in [0.717, 1.165) is 95.4 Å². The number of pyridine rings is 1. The first-order valence-electron chi connectivity index (χ1n) is 16.7. The number of rotatable bonds is 6. The van der Waals surface area contributed by atoms with E-state index in [1.807, 2.05) is 29.3 Å². The van der Waals surface area contributed by atoms with Crippen LogP contribution in [0.4, 0.5) is 26.1 Å². The van der Waals surface area contributed by atoms with E-state index >= 15 is 0 Å². The molecule has 0 unspecified atom stereocenters. The standard InChI is InChI=1S/C34H42F2N8O2/c1-3-29(45)42-13-11-40(12-14-42)27-17-44-25(27)6-4-5-24-26(44)15-28(38-31(24)32(35)36)41-9-7-23(8-10-41)30-22(2)16-37-39-33(30)43-18-34(19-43)20-46-21-34/h3-5,15-16,23,25,27,32H,1,6-14,17-21H2,2H3/t25-,27+/m0/s1. The minimum Gasteiger partial charge on any atom is -0.380 e. The molecular weight excluding hydrogens is 590 g/mol. The second-order valence-electron chi connectivity index (χ2n) is 14.0. The first-order chi connectivity index (χ1) is 22.3. The van der Waals surface area contributed by atoms with E-state index in [2.05, 4.69) is 48.3 Å². The molecule has 6 aliphatic rings. The van der Waals surface area contributed by atoms with Crippen molar-refractivity contribution >= 4 is 29.3 Å². The normalized spacial score (nSPS) is 25.8. The van der Waals surface area contributed by atoms with Crippen LogP contribution in [0.15, 0.2) is 31.0 Å². The molecule has 12 heteroatoms. The van der Waals surface area contributed by atoms with Gasteiger partial charge in [-0.2, -0.15) is 5.10 Å². The lowest BCUT2D eigenvalue weighted by atomic mass is 9.77. The van der Waals surface area contributed by atoms with Gasteiger partial charge in [0.25, 0.3) is 6.43 Å². The minimum absolute atomic E-state index is 0.0219. The predicted octanol–water partition coefficient (Wildman–Crippen LogP) is 3.64. The van der Waals surface area contributed by atoms with Crippen LogP contribution in [0.2, 0.25) is 0 Å². The molecule has 0 bridgehead atoms. The lowest BCUT2D eigenvalue weighted by Gasteiger charge is -2.55. The number of fused-ring (bicyclic) bond motifs is 3. The number of aromatic nitrogens is 3. The van der Waals surface area contributed by atoms with Crippen LogP contribution in [0.3, 0.4) is 0 Å². The first kappa shape index (κ1) is 29.7. The molecule has 1 spiro atoms. The van der Waals surface area contributed by atoms with Crippen molar-refractivity contribution in [3.8, 4) is 0 Å². The zero-order valence-electron chi connectivity index (χ0n) is 26.5. The first-order valence-corrected chi connectivity index (χ1v) is 16.7. The molecule has 0 radical (unpaired) electrons. The zero-order valence-corrected chi connectivity index (χ0v) is 26.5. The molecular formula is C34H42F2N8O2. The molecule has 5 fully saturated rings. The summed E-state index contributed by atoms with van der Waals surface area (Å²) in [7, 11) is 0. The van der Waals surface area contributed by atoms with E-state index < -0.39 is 6.43 Å². The molecule has 10 nitrogen and oxygen atoms in total. The highest BCUT2D eigenvalue weighted by molar-refractivity contribution is 5.87. The third-order valence-electron chi connectivity index (χ3n) is 11.2. The SMILES string of the molecule is C=CC(=O)N1CCN([C@@H]2CN3c4cc(N5CCC(c6c(C)cnnc6N6CC7(COC7)C6)CC5)nc(C(F)F)c4C=CC[C@@H]23)CC1. The summed E-state index contributed by atoms with van der Waals surface area (Å²) < 4.78 is 34.6. The number of ether oxygens (including phenoxy) is 1. The van der Waals surface area contributed by atoms with Crippen molar-refractivity contribution in [3.05, 3.63) is 53.4 Å². The summed E-state index contributed by atoms with van der Waals surface area (Å²) in [6.07, 6.45) is 7.07. The van der Waals surface area contributed by atoms with E-state index in [4.69, 9.17) is 4.74 Å². The monoisotopic (exact) mass is 632 g/mol. The second-order valence-corrected chi connectivity index (χ2v) is 14.0. The highest BCUT2D eigenvalue weighted by Crippen LogP contribution is 2.45.